The first-order valence-corrected chi connectivity index (χ1v) is 4.07. The van der Waals surface area contributed by atoms with Crippen molar-refractivity contribution in [1.29, 1.82) is 5.26 Å². The van der Waals surface area contributed by atoms with Crippen molar-refractivity contribution in [2.24, 2.45) is 0 Å². The molecule has 1 rings (SSSR count). The fourth-order valence-electron chi connectivity index (χ4n) is 0.805. The van der Waals surface area contributed by atoms with Gasteiger partial charge in [0.15, 0.2) is 12.0 Å². The maximum atomic E-state index is 8.50. The second kappa shape index (κ2) is 3.90. The van der Waals surface area contributed by atoms with Crippen LogP contribution in [-0.2, 0) is 6.54 Å². The van der Waals surface area contributed by atoms with E-state index in [0.717, 1.165) is 0 Å². The van der Waals surface area contributed by atoms with Gasteiger partial charge in [-0.25, -0.2) is 0 Å². The highest BCUT2D eigenvalue weighted by Crippen LogP contribution is 2.10. The number of hydrogen-bond acceptors (Lipinski definition) is 5. The highest BCUT2D eigenvalue weighted by Gasteiger charge is 2.10. The van der Waals surface area contributed by atoms with Gasteiger partial charge in [0.25, 0.3) is 0 Å². The van der Waals surface area contributed by atoms with E-state index in [1.165, 1.54) is 4.90 Å². The number of hydrogen-bond donors (Lipinski definition) is 0. The van der Waals surface area contributed by atoms with Crippen molar-refractivity contribution >= 4 is 0 Å². The lowest BCUT2D eigenvalue weighted by Gasteiger charge is -2.02. The van der Waals surface area contributed by atoms with E-state index in [-0.39, 0.29) is 5.92 Å². The summed E-state index contributed by atoms with van der Waals surface area (Å²) in [5.41, 5.74) is 0. The van der Waals surface area contributed by atoms with Crippen molar-refractivity contribution in [3.05, 3.63) is 11.7 Å². The normalized spacial score (nSPS) is 10.1. The molecule has 0 spiro atoms. The second-order valence-corrected chi connectivity index (χ2v) is 3.16. The van der Waals surface area contributed by atoms with Gasteiger partial charge in [-0.1, -0.05) is 19.0 Å². The summed E-state index contributed by atoms with van der Waals surface area (Å²) in [4.78, 5) is 5.56. The molecule has 0 aliphatic carbocycles. The number of nitriles is 1. The molecule has 13 heavy (non-hydrogen) atoms. The smallest absolute Gasteiger partial charge is 0.246 e. The van der Waals surface area contributed by atoms with E-state index in [1.54, 1.807) is 7.05 Å². The van der Waals surface area contributed by atoms with Crippen LogP contribution in [0.4, 0.5) is 0 Å². The molecule has 0 fully saturated rings. The van der Waals surface area contributed by atoms with Crippen molar-refractivity contribution in [1.82, 2.24) is 15.0 Å². The van der Waals surface area contributed by atoms with E-state index >= 15 is 0 Å². The minimum atomic E-state index is 0.255. The molecule has 0 N–H and O–H groups in total. The van der Waals surface area contributed by atoms with Gasteiger partial charge in [-0.3, -0.25) is 0 Å². The van der Waals surface area contributed by atoms with E-state index in [9.17, 15) is 0 Å². The Bertz CT molecular complexity index is 312. The Kier molecular flexibility index (Phi) is 2.85. The lowest BCUT2D eigenvalue weighted by molar-refractivity contribution is 0.323. The summed E-state index contributed by atoms with van der Waals surface area (Å²) < 4.78 is 4.94. The van der Waals surface area contributed by atoms with Gasteiger partial charge in [0, 0.05) is 13.0 Å². The van der Waals surface area contributed by atoms with E-state index in [1.807, 2.05) is 20.0 Å². The quantitative estimate of drug-likeness (QED) is 0.515. The number of aromatic nitrogens is 2. The molecule has 0 aliphatic heterocycles. The van der Waals surface area contributed by atoms with E-state index in [2.05, 4.69) is 10.1 Å². The minimum Gasteiger partial charge on any atom is -0.337 e. The van der Waals surface area contributed by atoms with Gasteiger partial charge in [-0.15, -0.1) is 0 Å². The van der Waals surface area contributed by atoms with Crippen molar-refractivity contribution in [2.45, 2.75) is 26.3 Å². The van der Waals surface area contributed by atoms with Crippen LogP contribution >= 0.6 is 0 Å². The van der Waals surface area contributed by atoms with Crippen molar-refractivity contribution in [3.63, 3.8) is 0 Å². The summed E-state index contributed by atoms with van der Waals surface area (Å²) in [7, 11) is 1.67. The van der Waals surface area contributed by atoms with Crippen LogP contribution in [0.3, 0.4) is 0 Å². The van der Waals surface area contributed by atoms with Gasteiger partial charge < -0.3 is 9.42 Å². The van der Waals surface area contributed by atoms with Gasteiger partial charge in [0.1, 0.15) is 6.54 Å². The molecule has 70 valence electrons. The Balaban J connectivity index is 2.65. The zero-order valence-corrected chi connectivity index (χ0v) is 7.98. The third kappa shape index (κ3) is 2.44. The van der Waals surface area contributed by atoms with Gasteiger partial charge in [-0.05, 0) is 0 Å². The third-order valence-electron chi connectivity index (χ3n) is 1.54. The van der Waals surface area contributed by atoms with Crippen molar-refractivity contribution in [3.8, 4) is 6.19 Å². The Morgan fingerprint density at radius 2 is 2.31 bits per heavy atom. The van der Waals surface area contributed by atoms with Crippen molar-refractivity contribution < 1.29 is 4.52 Å². The summed E-state index contributed by atoms with van der Waals surface area (Å²) >= 11 is 0. The SMILES string of the molecule is CC(C)c1noc(CN(C)C#N)n1. The molecular formula is C8H12N4O. The van der Waals surface area contributed by atoms with Crippen LogP contribution in [0.1, 0.15) is 31.5 Å². The molecule has 0 radical (unpaired) electrons. The van der Waals surface area contributed by atoms with E-state index < -0.39 is 0 Å². The van der Waals surface area contributed by atoms with Crippen molar-refractivity contribution in [2.75, 3.05) is 7.05 Å². The minimum absolute atomic E-state index is 0.255. The Morgan fingerprint density at radius 3 is 2.77 bits per heavy atom. The van der Waals surface area contributed by atoms with Crippen LogP contribution in [0.5, 0.6) is 0 Å². The van der Waals surface area contributed by atoms with Crippen LogP contribution in [0.2, 0.25) is 0 Å². The molecule has 0 unspecified atom stereocenters. The summed E-state index contributed by atoms with van der Waals surface area (Å²) in [6, 6.07) is 0. The van der Waals surface area contributed by atoms with Crippen LogP contribution in [0.15, 0.2) is 4.52 Å². The Labute approximate surface area is 77.0 Å². The summed E-state index contributed by atoms with van der Waals surface area (Å²) in [6.07, 6.45) is 1.96. The van der Waals surface area contributed by atoms with E-state index in [0.29, 0.717) is 18.3 Å². The maximum absolute atomic E-state index is 8.50. The first-order valence-electron chi connectivity index (χ1n) is 4.07. The van der Waals surface area contributed by atoms with Gasteiger partial charge in [0.05, 0.1) is 0 Å². The molecule has 0 bridgehead atoms. The number of nitrogens with zero attached hydrogens (tertiary/aromatic N) is 4. The predicted octanol–water partition coefficient (Wildman–Crippen LogP) is 1.11. The lowest BCUT2D eigenvalue weighted by atomic mass is 10.2. The molecule has 0 atom stereocenters. The van der Waals surface area contributed by atoms with Crippen LogP contribution < -0.4 is 0 Å². The molecule has 5 nitrogen and oxygen atoms in total. The van der Waals surface area contributed by atoms with Gasteiger partial charge in [-0.2, -0.15) is 10.2 Å². The predicted molar refractivity (Wildman–Crippen MR) is 45.5 cm³/mol. The molecule has 1 heterocycles. The highest BCUT2D eigenvalue weighted by atomic mass is 16.5. The number of rotatable bonds is 3. The molecule has 0 saturated carbocycles. The molecule has 0 amide bonds. The zero-order valence-electron chi connectivity index (χ0n) is 7.98. The molecule has 1 aromatic rings. The molecule has 0 aliphatic rings. The first-order chi connectivity index (χ1) is 6.13. The Hall–Kier alpha value is -1.57. The largest absolute Gasteiger partial charge is 0.337 e. The fraction of sp³-hybridized carbons (Fsp3) is 0.625. The topological polar surface area (TPSA) is 66.0 Å². The van der Waals surface area contributed by atoms with E-state index in [4.69, 9.17) is 9.78 Å². The monoisotopic (exact) mass is 180 g/mol. The molecule has 1 aromatic heterocycles. The zero-order chi connectivity index (χ0) is 9.84. The van der Waals surface area contributed by atoms with Gasteiger partial charge >= 0.3 is 0 Å². The average Bonchev–Trinajstić information content (AvgIpc) is 2.52. The summed E-state index contributed by atoms with van der Waals surface area (Å²) in [6.45, 7) is 4.35. The molecule has 0 aromatic carbocycles. The molecule has 0 saturated heterocycles. The average molecular weight is 180 g/mol. The van der Waals surface area contributed by atoms with Crippen LogP contribution in [0.25, 0.3) is 0 Å². The Morgan fingerprint density at radius 1 is 1.62 bits per heavy atom. The van der Waals surface area contributed by atoms with Gasteiger partial charge in [0.2, 0.25) is 5.89 Å². The highest BCUT2D eigenvalue weighted by molar-refractivity contribution is 4.92. The summed E-state index contributed by atoms with van der Waals surface area (Å²) in [5, 5.41) is 12.3. The fourth-order valence-corrected chi connectivity index (χ4v) is 0.805. The van der Waals surface area contributed by atoms with Crippen LogP contribution in [-0.4, -0.2) is 22.1 Å². The standard InChI is InChI=1S/C8H12N4O/c1-6(2)8-10-7(13-11-8)4-12(3)5-9/h6H,4H2,1-3H3. The summed E-state index contributed by atoms with van der Waals surface area (Å²) in [5.74, 6) is 1.42. The maximum Gasteiger partial charge on any atom is 0.246 e. The lowest BCUT2D eigenvalue weighted by Crippen LogP contribution is -2.10. The molecular weight excluding hydrogens is 168 g/mol. The molecule has 5 heteroatoms. The first kappa shape index (κ1) is 9.52. The second-order valence-electron chi connectivity index (χ2n) is 3.16. The van der Waals surface area contributed by atoms with Crippen LogP contribution in [0, 0.1) is 11.5 Å². The third-order valence-corrected chi connectivity index (χ3v) is 1.54.